The minimum absolute atomic E-state index is 0.877. The van der Waals surface area contributed by atoms with Crippen molar-refractivity contribution >= 4 is 60.5 Å². The van der Waals surface area contributed by atoms with E-state index in [1.165, 1.54) is 60.5 Å². The number of anilines is 3. The zero-order valence-corrected chi connectivity index (χ0v) is 35.0. The van der Waals surface area contributed by atoms with Gasteiger partial charge in [-0.2, -0.15) is 0 Å². The monoisotopic (exact) mass is 815 g/mol. The van der Waals surface area contributed by atoms with E-state index in [1.807, 2.05) is 12.1 Å². The van der Waals surface area contributed by atoms with Crippen LogP contribution in [0.1, 0.15) is 0 Å². The standard InChI is InChI=1S/C62H41NO/c1-2-16-42(17-3-1)49-22-6-8-25-54(49)55-26-9-7-23-52(55)45-19-14-20-48(40-45)63(60-30-12-10-24-53(60)46-35-39-59-58-27-11-13-31-61(58)64-62(59)41-46)47-36-32-44(33-37-47)51-28-15-29-56-50-21-5-4-18-43(50)34-38-57(51)56/h1-41H. The Hall–Kier alpha value is -8.46. The number of fused-ring (bicyclic) bond motifs is 6. The average Bonchev–Trinajstić information content (AvgIpc) is 3.75. The maximum Gasteiger partial charge on any atom is 0.136 e. The van der Waals surface area contributed by atoms with Gasteiger partial charge in [0.05, 0.1) is 5.69 Å². The molecule has 0 bridgehead atoms. The summed E-state index contributed by atoms with van der Waals surface area (Å²) in [5, 5.41) is 7.28. The molecule has 300 valence electrons. The molecular weight excluding hydrogens is 775 g/mol. The molecule has 1 aromatic heterocycles. The molecule has 11 aromatic carbocycles. The fraction of sp³-hybridized carbons (Fsp3) is 0. The van der Waals surface area contributed by atoms with Crippen LogP contribution < -0.4 is 4.90 Å². The highest BCUT2D eigenvalue weighted by molar-refractivity contribution is 6.12. The van der Waals surface area contributed by atoms with E-state index in [9.17, 15) is 0 Å². The molecule has 0 unspecified atom stereocenters. The first-order chi connectivity index (χ1) is 31.7. The van der Waals surface area contributed by atoms with Crippen molar-refractivity contribution < 1.29 is 4.42 Å². The molecule has 0 aliphatic carbocycles. The number of hydrogen-bond donors (Lipinski definition) is 0. The predicted molar refractivity (Wildman–Crippen MR) is 271 cm³/mol. The lowest BCUT2D eigenvalue weighted by Gasteiger charge is -2.28. The van der Waals surface area contributed by atoms with Crippen molar-refractivity contribution in [2.24, 2.45) is 0 Å². The molecular formula is C62H41NO. The Morgan fingerprint density at radius 2 is 0.781 bits per heavy atom. The summed E-state index contributed by atoms with van der Waals surface area (Å²) in [5.41, 5.74) is 16.7. The number of rotatable bonds is 8. The Bertz CT molecular complexity index is 3670. The Balaban J connectivity index is 1.02. The smallest absolute Gasteiger partial charge is 0.136 e. The van der Waals surface area contributed by atoms with Crippen LogP contribution in [0.3, 0.4) is 0 Å². The van der Waals surface area contributed by atoms with Crippen molar-refractivity contribution in [3.8, 4) is 55.6 Å². The quantitative estimate of drug-likeness (QED) is 0.142. The normalized spacial score (nSPS) is 11.4. The van der Waals surface area contributed by atoms with Gasteiger partial charge in [0.15, 0.2) is 0 Å². The largest absolute Gasteiger partial charge is 0.456 e. The second-order valence-corrected chi connectivity index (χ2v) is 16.4. The molecule has 0 saturated carbocycles. The van der Waals surface area contributed by atoms with Crippen LogP contribution >= 0.6 is 0 Å². The maximum absolute atomic E-state index is 6.43. The Labute approximate surface area is 372 Å². The molecule has 0 fully saturated rings. The second kappa shape index (κ2) is 15.8. The molecule has 2 nitrogen and oxygen atoms in total. The van der Waals surface area contributed by atoms with Gasteiger partial charge in [0, 0.05) is 27.7 Å². The van der Waals surface area contributed by atoms with Gasteiger partial charge in [0.25, 0.3) is 0 Å². The van der Waals surface area contributed by atoms with E-state index in [0.29, 0.717) is 0 Å². The molecule has 64 heavy (non-hydrogen) atoms. The summed E-state index contributed by atoms with van der Waals surface area (Å²) >= 11 is 0. The fourth-order valence-corrected chi connectivity index (χ4v) is 9.69. The summed E-state index contributed by atoms with van der Waals surface area (Å²) in [6, 6.07) is 89.7. The van der Waals surface area contributed by atoms with Crippen LogP contribution in [0, 0.1) is 0 Å². The number of para-hydroxylation sites is 2. The molecule has 12 rings (SSSR count). The van der Waals surface area contributed by atoms with Crippen molar-refractivity contribution in [1.82, 2.24) is 0 Å². The molecule has 0 aliphatic heterocycles. The van der Waals surface area contributed by atoms with E-state index in [0.717, 1.165) is 55.7 Å². The first kappa shape index (κ1) is 37.3. The Kier molecular flexibility index (Phi) is 9.20. The van der Waals surface area contributed by atoms with E-state index in [2.05, 4.69) is 241 Å². The van der Waals surface area contributed by atoms with Gasteiger partial charge in [-0.1, -0.05) is 200 Å². The number of furan rings is 1. The predicted octanol–water partition coefficient (Wildman–Crippen LogP) is 17.7. The average molecular weight is 816 g/mol. The molecule has 12 aromatic rings. The van der Waals surface area contributed by atoms with E-state index in [1.54, 1.807) is 0 Å². The third kappa shape index (κ3) is 6.52. The third-order valence-electron chi connectivity index (χ3n) is 12.7. The summed E-state index contributed by atoms with van der Waals surface area (Å²) < 4.78 is 6.43. The maximum atomic E-state index is 6.43. The molecule has 0 radical (unpaired) electrons. The van der Waals surface area contributed by atoms with Gasteiger partial charge in [-0.3, -0.25) is 0 Å². The highest BCUT2D eigenvalue weighted by Crippen LogP contribution is 2.45. The van der Waals surface area contributed by atoms with Crippen molar-refractivity contribution in [2.45, 2.75) is 0 Å². The zero-order valence-electron chi connectivity index (χ0n) is 35.0. The van der Waals surface area contributed by atoms with Crippen LogP contribution in [0.4, 0.5) is 17.1 Å². The molecule has 1 heterocycles. The molecule has 0 atom stereocenters. The van der Waals surface area contributed by atoms with Crippen molar-refractivity contribution in [2.75, 3.05) is 4.90 Å². The van der Waals surface area contributed by atoms with Crippen LogP contribution in [0.25, 0.3) is 99.1 Å². The van der Waals surface area contributed by atoms with Crippen molar-refractivity contribution in [1.29, 1.82) is 0 Å². The fourth-order valence-electron chi connectivity index (χ4n) is 9.69. The Morgan fingerprint density at radius 1 is 0.250 bits per heavy atom. The summed E-state index contributed by atoms with van der Waals surface area (Å²) in [6.07, 6.45) is 0. The van der Waals surface area contributed by atoms with E-state index < -0.39 is 0 Å². The zero-order chi connectivity index (χ0) is 42.4. The van der Waals surface area contributed by atoms with E-state index in [4.69, 9.17) is 4.42 Å². The van der Waals surface area contributed by atoms with Crippen LogP contribution in [0.15, 0.2) is 253 Å². The number of nitrogens with zero attached hydrogens (tertiary/aromatic N) is 1. The minimum atomic E-state index is 0.877. The van der Waals surface area contributed by atoms with Gasteiger partial charge in [0.2, 0.25) is 0 Å². The van der Waals surface area contributed by atoms with E-state index >= 15 is 0 Å². The topological polar surface area (TPSA) is 16.4 Å². The van der Waals surface area contributed by atoms with Gasteiger partial charge >= 0.3 is 0 Å². The van der Waals surface area contributed by atoms with Gasteiger partial charge in [-0.15, -0.1) is 0 Å². The van der Waals surface area contributed by atoms with Crippen LogP contribution in [0.5, 0.6) is 0 Å². The molecule has 0 amide bonds. The molecule has 0 N–H and O–H groups in total. The molecule has 2 heteroatoms. The summed E-state index contributed by atoms with van der Waals surface area (Å²) in [7, 11) is 0. The van der Waals surface area contributed by atoms with Gasteiger partial charge in [0.1, 0.15) is 11.2 Å². The molecule has 0 aliphatic rings. The van der Waals surface area contributed by atoms with Crippen LogP contribution in [0.2, 0.25) is 0 Å². The first-order valence-corrected chi connectivity index (χ1v) is 21.9. The lowest BCUT2D eigenvalue weighted by Crippen LogP contribution is -2.11. The summed E-state index contributed by atoms with van der Waals surface area (Å²) in [5.74, 6) is 0. The summed E-state index contributed by atoms with van der Waals surface area (Å²) in [6.45, 7) is 0. The van der Waals surface area contributed by atoms with Gasteiger partial charge < -0.3 is 9.32 Å². The SMILES string of the molecule is c1ccc(-c2ccccc2-c2ccccc2-c2cccc(N(c3ccc(-c4cccc5c4ccc4ccccc45)cc3)c3ccccc3-c3ccc4c(c3)oc3ccccc34)c2)cc1. The van der Waals surface area contributed by atoms with Gasteiger partial charge in [-0.05, 0) is 120 Å². The van der Waals surface area contributed by atoms with Crippen molar-refractivity contribution in [3.63, 3.8) is 0 Å². The Morgan fingerprint density at radius 3 is 1.59 bits per heavy atom. The lowest BCUT2D eigenvalue weighted by atomic mass is 9.89. The van der Waals surface area contributed by atoms with E-state index in [-0.39, 0.29) is 0 Å². The highest BCUT2D eigenvalue weighted by atomic mass is 16.3. The van der Waals surface area contributed by atoms with Crippen LogP contribution in [-0.4, -0.2) is 0 Å². The second-order valence-electron chi connectivity index (χ2n) is 16.4. The number of benzene rings is 11. The molecule has 0 saturated heterocycles. The highest BCUT2D eigenvalue weighted by Gasteiger charge is 2.20. The lowest BCUT2D eigenvalue weighted by molar-refractivity contribution is 0.669. The van der Waals surface area contributed by atoms with Crippen molar-refractivity contribution in [3.05, 3.63) is 249 Å². The molecule has 0 spiro atoms. The summed E-state index contributed by atoms with van der Waals surface area (Å²) in [4.78, 5) is 2.41. The first-order valence-electron chi connectivity index (χ1n) is 21.9. The van der Waals surface area contributed by atoms with Gasteiger partial charge in [-0.25, -0.2) is 0 Å². The minimum Gasteiger partial charge on any atom is -0.456 e. The third-order valence-corrected chi connectivity index (χ3v) is 12.7. The number of hydrogen-bond acceptors (Lipinski definition) is 2. The van der Waals surface area contributed by atoms with Crippen LogP contribution in [-0.2, 0) is 0 Å².